The zero-order valence-corrected chi connectivity index (χ0v) is 16.3. The lowest BCUT2D eigenvalue weighted by atomic mass is 9.97. The molecule has 1 fully saturated rings. The van der Waals surface area contributed by atoms with Gasteiger partial charge in [0.1, 0.15) is 16.6 Å². The molecule has 0 aliphatic carbocycles. The van der Waals surface area contributed by atoms with E-state index in [9.17, 15) is 9.18 Å². The van der Waals surface area contributed by atoms with Gasteiger partial charge in [-0.3, -0.25) is 4.79 Å². The van der Waals surface area contributed by atoms with Crippen molar-refractivity contribution in [1.82, 2.24) is 15.1 Å². The largest absolute Gasteiger partial charge is 0.496 e. The van der Waals surface area contributed by atoms with Gasteiger partial charge in [0.25, 0.3) is 5.91 Å². The van der Waals surface area contributed by atoms with Gasteiger partial charge < -0.3 is 9.64 Å². The van der Waals surface area contributed by atoms with Crippen molar-refractivity contribution in [3.8, 4) is 16.3 Å². The number of carbonyl (C=O) groups is 1. The molecule has 0 N–H and O–H groups in total. The van der Waals surface area contributed by atoms with Gasteiger partial charge in [0.2, 0.25) is 0 Å². The molecular formula is C21H20FN3O2S. The molecule has 144 valence electrons. The van der Waals surface area contributed by atoms with Crippen LogP contribution in [-0.4, -0.2) is 41.2 Å². The molecule has 7 heteroatoms. The van der Waals surface area contributed by atoms with Crippen LogP contribution in [0.3, 0.4) is 0 Å². The first-order chi connectivity index (χ1) is 13.7. The number of benzene rings is 2. The molecule has 1 amide bonds. The standard InChI is InChI=1S/C21H20FN3O2S/c1-27-18-9-5-3-7-16(18)20-24-23-19(28-20)14-10-12-25(13-11-14)21(26)15-6-2-4-8-17(15)22/h2-9,14H,10-13H2,1H3. The number of para-hydroxylation sites is 1. The lowest BCUT2D eigenvalue weighted by Crippen LogP contribution is -2.38. The Morgan fingerprint density at radius 3 is 2.57 bits per heavy atom. The van der Waals surface area contributed by atoms with Crippen molar-refractivity contribution in [2.75, 3.05) is 20.2 Å². The summed E-state index contributed by atoms with van der Waals surface area (Å²) in [5.74, 6) is 0.310. The Morgan fingerprint density at radius 1 is 1.11 bits per heavy atom. The highest BCUT2D eigenvalue weighted by atomic mass is 32.1. The molecule has 3 aromatic rings. The van der Waals surface area contributed by atoms with E-state index in [0.717, 1.165) is 34.2 Å². The third kappa shape index (κ3) is 3.62. The summed E-state index contributed by atoms with van der Waals surface area (Å²) < 4.78 is 19.3. The van der Waals surface area contributed by atoms with Gasteiger partial charge in [0.15, 0.2) is 5.01 Å². The molecule has 1 aliphatic heterocycles. The maximum Gasteiger partial charge on any atom is 0.256 e. The molecule has 28 heavy (non-hydrogen) atoms. The zero-order valence-electron chi connectivity index (χ0n) is 15.5. The number of amides is 1. The summed E-state index contributed by atoms with van der Waals surface area (Å²) in [5, 5.41) is 10.5. The number of ether oxygens (including phenoxy) is 1. The average molecular weight is 397 g/mol. The number of carbonyl (C=O) groups excluding carboxylic acids is 1. The predicted octanol–water partition coefficient (Wildman–Crippen LogP) is 4.37. The topological polar surface area (TPSA) is 55.3 Å². The molecule has 0 radical (unpaired) electrons. The highest BCUT2D eigenvalue weighted by Gasteiger charge is 2.28. The molecule has 5 nitrogen and oxygen atoms in total. The van der Waals surface area contributed by atoms with Crippen LogP contribution in [0.25, 0.3) is 10.6 Å². The highest BCUT2D eigenvalue weighted by molar-refractivity contribution is 7.14. The van der Waals surface area contributed by atoms with Crippen molar-refractivity contribution in [1.29, 1.82) is 0 Å². The fourth-order valence-electron chi connectivity index (χ4n) is 3.46. The number of hydrogen-bond acceptors (Lipinski definition) is 5. The third-order valence-corrected chi connectivity index (χ3v) is 6.13. The minimum Gasteiger partial charge on any atom is -0.496 e. The smallest absolute Gasteiger partial charge is 0.256 e. The Labute approximate surface area is 166 Å². The summed E-state index contributed by atoms with van der Waals surface area (Å²) in [4.78, 5) is 14.3. The van der Waals surface area contributed by atoms with Crippen LogP contribution in [0.2, 0.25) is 0 Å². The molecule has 2 heterocycles. The van der Waals surface area contributed by atoms with E-state index < -0.39 is 5.82 Å². The molecule has 1 saturated heterocycles. The SMILES string of the molecule is COc1ccccc1-c1nnc(C2CCN(C(=O)c3ccccc3F)CC2)s1. The second kappa shape index (κ2) is 8.06. The molecule has 0 spiro atoms. The van der Waals surface area contributed by atoms with E-state index in [2.05, 4.69) is 10.2 Å². The van der Waals surface area contributed by atoms with Crippen molar-refractivity contribution in [2.24, 2.45) is 0 Å². The van der Waals surface area contributed by atoms with Crippen molar-refractivity contribution in [2.45, 2.75) is 18.8 Å². The normalized spacial score (nSPS) is 14.9. The molecule has 1 aromatic heterocycles. The van der Waals surface area contributed by atoms with Crippen molar-refractivity contribution >= 4 is 17.2 Å². The van der Waals surface area contributed by atoms with Gasteiger partial charge in [0, 0.05) is 19.0 Å². The second-order valence-electron chi connectivity index (χ2n) is 6.69. The van der Waals surface area contributed by atoms with Gasteiger partial charge in [-0.25, -0.2) is 4.39 Å². The van der Waals surface area contributed by atoms with E-state index in [4.69, 9.17) is 4.74 Å². The molecule has 0 unspecified atom stereocenters. The van der Waals surface area contributed by atoms with Crippen LogP contribution >= 0.6 is 11.3 Å². The summed E-state index contributed by atoms with van der Waals surface area (Å²) >= 11 is 1.56. The van der Waals surface area contributed by atoms with Crippen molar-refractivity contribution < 1.29 is 13.9 Å². The van der Waals surface area contributed by atoms with Crippen LogP contribution in [-0.2, 0) is 0 Å². The fourth-order valence-corrected chi connectivity index (χ4v) is 4.51. The van der Waals surface area contributed by atoms with E-state index in [-0.39, 0.29) is 17.4 Å². The number of rotatable bonds is 4. The van der Waals surface area contributed by atoms with Gasteiger partial charge >= 0.3 is 0 Å². The van der Waals surface area contributed by atoms with Gasteiger partial charge in [-0.05, 0) is 37.1 Å². The second-order valence-corrected chi connectivity index (χ2v) is 7.70. The molecule has 2 aromatic carbocycles. The Bertz CT molecular complexity index is 983. The summed E-state index contributed by atoms with van der Waals surface area (Å²) in [7, 11) is 1.64. The summed E-state index contributed by atoms with van der Waals surface area (Å²) in [6.07, 6.45) is 1.58. The number of halogens is 1. The van der Waals surface area contributed by atoms with Crippen LogP contribution in [0.1, 0.15) is 34.1 Å². The zero-order chi connectivity index (χ0) is 19.5. The Kier molecular flexibility index (Phi) is 5.34. The molecule has 0 saturated carbocycles. The lowest BCUT2D eigenvalue weighted by molar-refractivity contribution is 0.0708. The number of nitrogens with zero attached hydrogens (tertiary/aromatic N) is 3. The van der Waals surface area contributed by atoms with Crippen LogP contribution in [0.5, 0.6) is 5.75 Å². The minimum atomic E-state index is -0.472. The van der Waals surface area contributed by atoms with Crippen molar-refractivity contribution in [3.05, 3.63) is 64.9 Å². The van der Waals surface area contributed by atoms with E-state index in [1.165, 1.54) is 12.1 Å². The first-order valence-corrected chi connectivity index (χ1v) is 9.99. The molecule has 1 aliphatic rings. The molecule has 4 rings (SSSR count). The minimum absolute atomic E-state index is 0.135. The summed E-state index contributed by atoms with van der Waals surface area (Å²) in [5.41, 5.74) is 1.07. The predicted molar refractivity (Wildman–Crippen MR) is 106 cm³/mol. The summed E-state index contributed by atoms with van der Waals surface area (Å²) in [6.45, 7) is 1.17. The number of piperidine rings is 1. The molecular weight excluding hydrogens is 377 g/mol. The van der Waals surface area contributed by atoms with Gasteiger partial charge in [-0.2, -0.15) is 0 Å². The number of likely N-dealkylation sites (tertiary alicyclic amines) is 1. The third-order valence-electron chi connectivity index (χ3n) is 5.01. The summed E-state index contributed by atoms with van der Waals surface area (Å²) in [6, 6.07) is 13.9. The number of hydrogen-bond donors (Lipinski definition) is 0. The van der Waals surface area contributed by atoms with E-state index in [1.807, 2.05) is 24.3 Å². The Morgan fingerprint density at radius 2 is 1.82 bits per heavy atom. The molecule has 0 atom stereocenters. The maximum absolute atomic E-state index is 13.9. The molecule has 0 bridgehead atoms. The number of methoxy groups -OCH3 is 1. The van der Waals surface area contributed by atoms with Crippen molar-refractivity contribution in [3.63, 3.8) is 0 Å². The Balaban J connectivity index is 1.44. The van der Waals surface area contributed by atoms with Crippen LogP contribution in [0.4, 0.5) is 4.39 Å². The fraction of sp³-hybridized carbons (Fsp3) is 0.286. The highest BCUT2D eigenvalue weighted by Crippen LogP contribution is 2.36. The van der Waals surface area contributed by atoms with E-state index >= 15 is 0 Å². The van der Waals surface area contributed by atoms with Crippen LogP contribution in [0, 0.1) is 5.82 Å². The average Bonchev–Trinajstić information content (AvgIpc) is 3.24. The first-order valence-electron chi connectivity index (χ1n) is 9.18. The van der Waals surface area contributed by atoms with Gasteiger partial charge in [-0.1, -0.05) is 35.6 Å². The quantitative estimate of drug-likeness (QED) is 0.656. The maximum atomic E-state index is 13.9. The number of aromatic nitrogens is 2. The Hall–Kier alpha value is -2.80. The first kappa shape index (κ1) is 18.6. The van der Waals surface area contributed by atoms with Crippen LogP contribution < -0.4 is 4.74 Å². The van der Waals surface area contributed by atoms with Gasteiger partial charge in [-0.15, -0.1) is 10.2 Å². The van der Waals surface area contributed by atoms with Gasteiger partial charge in [0.05, 0.1) is 18.2 Å². The van der Waals surface area contributed by atoms with E-state index in [1.54, 1.807) is 35.5 Å². The van der Waals surface area contributed by atoms with Crippen LogP contribution in [0.15, 0.2) is 48.5 Å². The van der Waals surface area contributed by atoms with E-state index in [0.29, 0.717) is 13.1 Å². The monoisotopic (exact) mass is 397 g/mol. The lowest BCUT2D eigenvalue weighted by Gasteiger charge is -2.31.